The van der Waals surface area contributed by atoms with Gasteiger partial charge in [0.15, 0.2) is 0 Å². The molecule has 2 nitrogen and oxygen atoms in total. The Morgan fingerprint density at radius 1 is 1.38 bits per heavy atom. The molecule has 1 aromatic carbocycles. The molecule has 0 spiro atoms. The molecule has 1 aromatic heterocycles. The summed E-state index contributed by atoms with van der Waals surface area (Å²) >= 11 is 0. The quantitative estimate of drug-likeness (QED) is 0.787. The predicted molar refractivity (Wildman–Crippen MR) is 62.1 cm³/mol. The van der Waals surface area contributed by atoms with Crippen molar-refractivity contribution >= 4 is 10.9 Å². The van der Waals surface area contributed by atoms with E-state index in [1.54, 1.807) is 18.3 Å². The summed E-state index contributed by atoms with van der Waals surface area (Å²) in [5.41, 5.74) is 0.752. The van der Waals surface area contributed by atoms with Crippen molar-refractivity contribution in [1.82, 2.24) is 4.98 Å². The second kappa shape index (κ2) is 4.47. The van der Waals surface area contributed by atoms with Crippen LogP contribution in [0.2, 0.25) is 0 Å². The van der Waals surface area contributed by atoms with Gasteiger partial charge in [-0.15, -0.1) is 0 Å². The van der Waals surface area contributed by atoms with Crippen molar-refractivity contribution in [2.45, 2.75) is 26.4 Å². The van der Waals surface area contributed by atoms with E-state index in [9.17, 15) is 4.39 Å². The predicted octanol–water partition coefficient (Wildman–Crippen LogP) is 3.55. The standard InChI is InChI=1S/C13H14FNO/c1-3-9(2)16-13-6-7-15-12-5-4-10(14)8-11(12)13/h4-9H,3H2,1-2H3. The summed E-state index contributed by atoms with van der Waals surface area (Å²) in [5.74, 6) is 0.424. The van der Waals surface area contributed by atoms with Crippen LogP contribution in [0.5, 0.6) is 5.75 Å². The third-order valence-corrected chi connectivity index (χ3v) is 2.57. The monoisotopic (exact) mass is 219 g/mol. The number of aromatic nitrogens is 1. The molecule has 1 unspecified atom stereocenters. The van der Waals surface area contributed by atoms with Crippen LogP contribution in [0.4, 0.5) is 4.39 Å². The third kappa shape index (κ3) is 2.13. The second-order valence-corrected chi connectivity index (χ2v) is 3.81. The van der Waals surface area contributed by atoms with Crippen molar-refractivity contribution in [2.75, 3.05) is 0 Å². The molecule has 0 radical (unpaired) electrons. The van der Waals surface area contributed by atoms with Gasteiger partial charge >= 0.3 is 0 Å². The molecule has 0 aliphatic carbocycles. The maximum Gasteiger partial charge on any atom is 0.130 e. The molecule has 3 heteroatoms. The van der Waals surface area contributed by atoms with Gasteiger partial charge in [-0.25, -0.2) is 4.39 Å². The largest absolute Gasteiger partial charge is 0.490 e. The summed E-state index contributed by atoms with van der Waals surface area (Å²) in [6, 6.07) is 6.30. The Morgan fingerprint density at radius 2 is 2.19 bits per heavy atom. The molecule has 0 aliphatic rings. The summed E-state index contributed by atoms with van der Waals surface area (Å²) < 4.78 is 18.9. The van der Waals surface area contributed by atoms with Crippen molar-refractivity contribution in [1.29, 1.82) is 0 Å². The number of halogens is 1. The lowest BCUT2D eigenvalue weighted by molar-refractivity contribution is 0.220. The van der Waals surface area contributed by atoms with E-state index in [-0.39, 0.29) is 11.9 Å². The minimum absolute atomic E-state index is 0.119. The summed E-state index contributed by atoms with van der Waals surface area (Å²) in [6.45, 7) is 4.04. The Labute approximate surface area is 94.1 Å². The smallest absolute Gasteiger partial charge is 0.130 e. The lowest BCUT2D eigenvalue weighted by Gasteiger charge is -2.14. The highest BCUT2D eigenvalue weighted by Gasteiger charge is 2.07. The molecule has 0 amide bonds. The molecule has 0 bridgehead atoms. The number of ether oxygens (including phenoxy) is 1. The first-order valence-corrected chi connectivity index (χ1v) is 5.41. The molecular formula is C13H14FNO. The fraction of sp³-hybridized carbons (Fsp3) is 0.308. The van der Waals surface area contributed by atoms with Crippen molar-refractivity contribution in [3.05, 3.63) is 36.3 Å². The zero-order valence-electron chi connectivity index (χ0n) is 9.40. The maximum absolute atomic E-state index is 13.2. The molecule has 0 saturated heterocycles. The molecule has 84 valence electrons. The highest BCUT2D eigenvalue weighted by molar-refractivity contribution is 5.84. The number of benzene rings is 1. The molecule has 1 atom stereocenters. The summed E-state index contributed by atoms with van der Waals surface area (Å²) in [5, 5.41) is 0.725. The lowest BCUT2D eigenvalue weighted by Crippen LogP contribution is -2.10. The first-order valence-electron chi connectivity index (χ1n) is 5.41. The van der Waals surface area contributed by atoms with Gasteiger partial charge in [-0.2, -0.15) is 0 Å². The number of pyridine rings is 1. The number of hydrogen-bond donors (Lipinski definition) is 0. The van der Waals surface area contributed by atoms with Gasteiger partial charge in [-0.1, -0.05) is 6.92 Å². The van der Waals surface area contributed by atoms with Gasteiger partial charge in [0, 0.05) is 11.6 Å². The zero-order valence-corrected chi connectivity index (χ0v) is 9.40. The number of hydrogen-bond acceptors (Lipinski definition) is 2. The van der Waals surface area contributed by atoms with Crippen LogP contribution in [0.15, 0.2) is 30.5 Å². The minimum Gasteiger partial charge on any atom is -0.490 e. The second-order valence-electron chi connectivity index (χ2n) is 3.81. The molecule has 0 saturated carbocycles. The first kappa shape index (κ1) is 10.9. The summed E-state index contributed by atoms with van der Waals surface area (Å²) in [4.78, 5) is 4.17. The van der Waals surface area contributed by atoms with Crippen LogP contribution in [0.1, 0.15) is 20.3 Å². The van der Waals surface area contributed by atoms with Crippen molar-refractivity contribution < 1.29 is 9.13 Å². The van der Waals surface area contributed by atoms with E-state index in [1.165, 1.54) is 12.1 Å². The van der Waals surface area contributed by atoms with Gasteiger partial charge in [0.25, 0.3) is 0 Å². The van der Waals surface area contributed by atoms with Crippen LogP contribution in [0.3, 0.4) is 0 Å². The van der Waals surface area contributed by atoms with E-state index in [4.69, 9.17) is 4.74 Å². The highest BCUT2D eigenvalue weighted by Crippen LogP contribution is 2.25. The minimum atomic E-state index is -0.269. The number of nitrogens with zero attached hydrogens (tertiary/aromatic N) is 1. The Hall–Kier alpha value is -1.64. The Morgan fingerprint density at radius 3 is 2.94 bits per heavy atom. The van der Waals surface area contributed by atoms with Gasteiger partial charge in [0.2, 0.25) is 0 Å². The third-order valence-electron chi connectivity index (χ3n) is 2.57. The maximum atomic E-state index is 13.2. The number of rotatable bonds is 3. The van der Waals surface area contributed by atoms with Gasteiger partial charge in [-0.05, 0) is 37.6 Å². The van der Waals surface area contributed by atoms with E-state index in [2.05, 4.69) is 11.9 Å². The zero-order chi connectivity index (χ0) is 11.5. The molecule has 0 N–H and O–H groups in total. The van der Waals surface area contributed by atoms with Crippen LogP contribution in [0.25, 0.3) is 10.9 Å². The molecule has 2 aromatic rings. The van der Waals surface area contributed by atoms with Crippen molar-refractivity contribution in [2.24, 2.45) is 0 Å². The molecule has 0 fully saturated rings. The van der Waals surface area contributed by atoms with E-state index in [1.807, 2.05) is 6.92 Å². The van der Waals surface area contributed by atoms with Gasteiger partial charge in [-0.3, -0.25) is 4.98 Å². The van der Waals surface area contributed by atoms with Crippen LogP contribution >= 0.6 is 0 Å². The van der Waals surface area contributed by atoms with E-state index in [0.29, 0.717) is 5.75 Å². The Balaban J connectivity index is 2.47. The molecule has 2 rings (SSSR count). The van der Waals surface area contributed by atoms with Crippen LogP contribution < -0.4 is 4.74 Å². The highest BCUT2D eigenvalue weighted by atomic mass is 19.1. The summed E-state index contributed by atoms with van der Waals surface area (Å²) in [7, 11) is 0. The number of fused-ring (bicyclic) bond motifs is 1. The van der Waals surface area contributed by atoms with Crippen molar-refractivity contribution in [3.8, 4) is 5.75 Å². The molecule has 16 heavy (non-hydrogen) atoms. The first-order chi connectivity index (χ1) is 7.70. The van der Waals surface area contributed by atoms with Crippen LogP contribution in [-0.2, 0) is 0 Å². The average molecular weight is 219 g/mol. The normalized spacial score (nSPS) is 12.7. The van der Waals surface area contributed by atoms with Gasteiger partial charge < -0.3 is 4.74 Å². The Kier molecular flexibility index (Phi) is 3.04. The van der Waals surface area contributed by atoms with Gasteiger partial charge in [0.1, 0.15) is 11.6 Å². The lowest BCUT2D eigenvalue weighted by atomic mass is 10.2. The van der Waals surface area contributed by atoms with Gasteiger partial charge in [0.05, 0.1) is 11.6 Å². The molecular weight excluding hydrogens is 205 g/mol. The SMILES string of the molecule is CCC(C)Oc1ccnc2ccc(F)cc12. The van der Waals surface area contributed by atoms with Crippen molar-refractivity contribution in [3.63, 3.8) is 0 Å². The molecule has 0 aliphatic heterocycles. The molecule has 1 heterocycles. The fourth-order valence-corrected chi connectivity index (χ4v) is 1.50. The van der Waals surface area contributed by atoms with E-state index >= 15 is 0 Å². The fourth-order valence-electron chi connectivity index (χ4n) is 1.50. The van der Waals surface area contributed by atoms with E-state index < -0.39 is 0 Å². The topological polar surface area (TPSA) is 22.1 Å². The Bertz CT molecular complexity index is 498. The van der Waals surface area contributed by atoms with Crippen LogP contribution in [-0.4, -0.2) is 11.1 Å². The average Bonchev–Trinajstić information content (AvgIpc) is 2.29. The summed E-state index contributed by atoms with van der Waals surface area (Å²) in [6.07, 6.45) is 2.71. The van der Waals surface area contributed by atoms with E-state index in [0.717, 1.165) is 17.3 Å². The van der Waals surface area contributed by atoms with Crippen LogP contribution in [0, 0.1) is 5.82 Å².